The number of halogens is 1. The van der Waals surface area contributed by atoms with E-state index in [0.29, 0.717) is 25.7 Å². The molecule has 0 heterocycles. The maximum Gasteiger partial charge on any atom is 0.306 e. The SMILES string of the molecule is O=C(CCc1ccccc1Br)N[C@@H]1CC[C@H](C(=O)O)C1. The van der Waals surface area contributed by atoms with Gasteiger partial charge in [0.1, 0.15) is 0 Å². The summed E-state index contributed by atoms with van der Waals surface area (Å²) >= 11 is 3.46. The second kappa shape index (κ2) is 6.88. The number of carboxylic acids is 1. The van der Waals surface area contributed by atoms with Crippen molar-refractivity contribution in [3.05, 3.63) is 34.3 Å². The second-order valence-electron chi connectivity index (χ2n) is 5.20. The van der Waals surface area contributed by atoms with E-state index in [1.54, 1.807) is 0 Å². The van der Waals surface area contributed by atoms with Crippen LogP contribution in [0.4, 0.5) is 0 Å². The predicted molar refractivity (Wildman–Crippen MR) is 79.4 cm³/mol. The van der Waals surface area contributed by atoms with Crippen LogP contribution in [0.5, 0.6) is 0 Å². The standard InChI is InChI=1S/C15H18BrNO3/c16-13-4-2-1-3-10(13)6-8-14(18)17-12-7-5-11(9-12)15(19)20/h1-4,11-12H,5-9H2,(H,17,18)(H,19,20)/t11-,12+/m0/s1. The maximum atomic E-state index is 11.9. The molecule has 0 bridgehead atoms. The fourth-order valence-corrected chi connectivity index (χ4v) is 3.07. The molecule has 20 heavy (non-hydrogen) atoms. The lowest BCUT2D eigenvalue weighted by atomic mass is 10.1. The number of aliphatic carboxylic acids is 1. The van der Waals surface area contributed by atoms with Crippen LogP contribution in [0.15, 0.2) is 28.7 Å². The lowest BCUT2D eigenvalue weighted by Gasteiger charge is -2.12. The van der Waals surface area contributed by atoms with Crippen molar-refractivity contribution in [3.8, 4) is 0 Å². The summed E-state index contributed by atoms with van der Waals surface area (Å²) in [6.45, 7) is 0. The van der Waals surface area contributed by atoms with Gasteiger partial charge in [0.2, 0.25) is 5.91 Å². The minimum Gasteiger partial charge on any atom is -0.481 e. The van der Waals surface area contributed by atoms with Gasteiger partial charge in [0.05, 0.1) is 5.92 Å². The topological polar surface area (TPSA) is 66.4 Å². The largest absolute Gasteiger partial charge is 0.481 e. The normalized spacial score (nSPS) is 21.6. The summed E-state index contributed by atoms with van der Waals surface area (Å²) < 4.78 is 1.01. The maximum absolute atomic E-state index is 11.9. The van der Waals surface area contributed by atoms with E-state index < -0.39 is 5.97 Å². The van der Waals surface area contributed by atoms with Crippen LogP contribution in [-0.4, -0.2) is 23.0 Å². The fraction of sp³-hybridized carbons (Fsp3) is 0.467. The van der Waals surface area contributed by atoms with Crippen molar-refractivity contribution in [3.63, 3.8) is 0 Å². The Bertz CT molecular complexity index is 504. The van der Waals surface area contributed by atoms with Gasteiger partial charge in [-0.3, -0.25) is 9.59 Å². The molecule has 4 nitrogen and oxygen atoms in total. The number of nitrogens with one attached hydrogen (secondary N) is 1. The quantitative estimate of drug-likeness (QED) is 0.866. The molecule has 1 saturated carbocycles. The Morgan fingerprint density at radius 2 is 2.05 bits per heavy atom. The summed E-state index contributed by atoms with van der Waals surface area (Å²) in [6, 6.07) is 7.86. The fourth-order valence-electron chi connectivity index (χ4n) is 2.59. The van der Waals surface area contributed by atoms with Crippen LogP contribution in [0.25, 0.3) is 0 Å². The first kappa shape index (κ1) is 15.0. The van der Waals surface area contributed by atoms with Gasteiger partial charge in [-0.25, -0.2) is 0 Å². The van der Waals surface area contributed by atoms with E-state index in [9.17, 15) is 9.59 Å². The van der Waals surface area contributed by atoms with E-state index in [2.05, 4.69) is 21.2 Å². The summed E-state index contributed by atoms with van der Waals surface area (Å²) in [6.07, 6.45) is 3.08. The summed E-state index contributed by atoms with van der Waals surface area (Å²) in [5, 5.41) is 11.9. The smallest absolute Gasteiger partial charge is 0.306 e. The lowest BCUT2D eigenvalue weighted by Crippen LogP contribution is -2.33. The number of aryl methyl sites for hydroxylation is 1. The first-order chi connectivity index (χ1) is 9.56. The zero-order valence-corrected chi connectivity index (χ0v) is 12.7. The average molecular weight is 340 g/mol. The van der Waals surface area contributed by atoms with Gasteiger partial charge in [0, 0.05) is 16.9 Å². The molecule has 0 aromatic heterocycles. The number of carboxylic acid groups (broad SMARTS) is 1. The van der Waals surface area contributed by atoms with E-state index >= 15 is 0 Å². The number of benzene rings is 1. The Labute approximate surface area is 126 Å². The molecule has 5 heteroatoms. The molecule has 0 unspecified atom stereocenters. The molecular weight excluding hydrogens is 322 g/mol. The molecule has 2 N–H and O–H groups in total. The Balaban J connectivity index is 1.77. The van der Waals surface area contributed by atoms with E-state index in [1.807, 2.05) is 24.3 Å². The molecule has 108 valence electrons. The van der Waals surface area contributed by atoms with Crippen LogP contribution in [-0.2, 0) is 16.0 Å². The Morgan fingerprint density at radius 1 is 1.30 bits per heavy atom. The Hall–Kier alpha value is -1.36. The van der Waals surface area contributed by atoms with Crippen LogP contribution in [0, 0.1) is 5.92 Å². The molecule has 1 fully saturated rings. The third-order valence-electron chi connectivity index (χ3n) is 3.73. The minimum absolute atomic E-state index is 0.00297. The molecule has 0 saturated heterocycles. The van der Waals surface area contributed by atoms with Crippen LogP contribution in [0.1, 0.15) is 31.2 Å². The Kier molecular flexibility index (Phi) is 5.17. The highest BCUT2D eigenvalue weighted by Crippen LogP contribution is 2.25. The monoisotopic (exact) mass is 339 g/mol. The molecule has 1 aliphatic carbocycles. The van der Waals surface area contributed by atoms with Gasteiger partial charge in [-0.15, -0.1) is 0 Å². The molecule has 1 aliphatic rings. The third kappa shape index (κ3) is 4.07. The van der Waals surface area contributed by atoms with Crippen LogP contribution < -0.4 is 5.32 Å². The number of hydrogen-bond acceptors (Lipinski definition) is 2. The van der Waals surface area contributed by atoms with Gasteiger partial charge in [-0.05, 0) is 37.3 Å². The van der Waals surface area contributed by atoms with Crippen LogP contribution >= 0.6 is 15.9 Å². The molecule has 0 radical (unpaired) electrons. The first-order valence-corrected chi connectivity index (χ1v) is 7.61. The van der Waals surface area contributed by atoms with E-state index in [0.717, 1.165) is 16.5 Å². The van der Waals surface area contributed by atoms with Crippen molar-refractivity contribution in [1.82, 2.24) is 5.32 Å². The van der Waals surface area contributed by atoms with Gasteiger partial charge in [0.25, 0.3) is 0 Å². The highest BCUT2D eigenvalue weighted by Gasteiger charge is 2.30. The van der Waals surface area contributed by atoms with Gasteiger partial charge >= 0.3 is 5.97 Å². The number of rotatable bonds is 5. The number of carbonyl (C=O) groups excluding carboxylic acids is 1. The second-order valence-corrected chi connectivity index (χ2v) is 6.06. The van der Waals surface area contributed by atoms with E-state index in [1.165, 1.54) is 0 Å². The van der Waals surface area contributed by atoms with Crippen molar-refractivity contribution in [1.29, 1.82) is 0 Å². The molecule has 0 spiro atoms. The predicted octanol–water partition coefficient (Wildman–Crippen LogP) is 2.75. The van der Waals surface area contributed by atoms with Crippen molar-refractivity contribution in [2.24, 2.45) is 5.92 Å². The third-order valence-corrected chi connectivity index (χ3v) is 4.50. The molecule has 0 aliphatic heterocycles. The summed E-state index contributed by atoms with van der Waals surface area (Å²) in [5.41, 5.74) is 1.11. The van der Waals surface area contributed by atoms with Crippen molar-refractivity contribution in [2.45, 2.75) is 38.1 Å². The number of hydrogen-bond donors (Lipinski definition) is 2. The zero-order valence-electron chi connectivity index (χ0n) is 11.1. The number of carbonyl (C=O) groups is 2. The molecule has 2 atom stereocenters. The number of amides is 1. The van der Waals surface area contributed by atoms with Gasteiger partial charge in [0.15, 0.2) is 0 Å². The highest BCUT2D eigenvalue weighted by molar-refractivity contribution is 9.10. The Morgan fingerprint density at radius 3 is 2.70 bits per heavy atom. The van der Waals surface area contributed by atoms with Crippen molar-refractivity contribution >= 4 is 27.8 Å². The van der Waals surface area contributed by atoms with Gasteiger partial charge in [-0.2, -0.15) is 0 Å². The average Bonchev–Trinajstić information content (AvgIpc) is 2.86. The molecule has 1 aromatic rings. The lowest BCUT2D eigenvalue weighted by molar-refractivity contribution is -0.141. The van der Waals surface area contributed by atoms with Gasteiger partial charge in [-0.1, -0.05) is 34.1 Å². The van der Waals surface area contributed by atoms with E-state index in [4.69, 9.17) is 5.11 Å². The highest BCUT2D eigenvalue weighted by atomic mass is 79.9. The van der Waals surface area contributed by atoms with E-state index in [-0.39, 0.29) is 17.9 Å². The van der Waals surface area contributed by atoms with Crippen LogP contribution in [0.2, 0.25) is 0 Å². The minimum atomic E-state index is -0.755. The molecule has 1 amide bonds. The van der Waals surface area contributed by atoms with Crippen LogP contribution in [0.3, 0.4) is 0 Å². The first-order valence-electron chi connectivity index (χ1n) is 6.82. The molecule has 2 rings (SSSR count). The summed E-state index contributed by atoms with van der Waals surface area (Å²) in [5.74, 6) is -1.06. The van der Waals surface area contributed by atoms with Crippen molar-refractivity contribution in [2.75, 3.05) is 0 Å². The summed E-state index contributed by atoms with van der Waals surface area (Å²) in [7, 11) is 0. The molecular formula is C15H18BrNO3. The zero-order chi connectivity index (χ0) is 14.5. The molecule has 1 aromatic carbocycles. The van der Waals surface area contributed by atoms with Gasteiger partial charge < -0.3 is 10.4 Å². The van der Waals surface area contributed by atoms with Crippen molar-refractivity contribution < 1.29 is 14.7 Å². The summed E-state index contributed by atoms with van der Waals surface area (Å²) in [4.78, 5) is 22.7.